The van der Waals surface area contributed by atoms with Crippen LogP contribution in [0.5, 0.6) is 5.75 Å². The number of amides is 1. The summed E-state index contributed by atoms with van der Waals surface area (Å²) in [7, 11) is -7.40. The first-order chi connectivity index (χ1) is 16.7. The minimum Gasteiger partial charge on any atom is -0.488 e. The van der Waals surface area contributed by atoms with Crippen molar-refractivity contribution in [2.45, 2.75) is 30.6 Å². The van der Waals surface area contributed by atoms with Gasteiger partial charge >= 0.3 is 0 Å². The number of methoxy groups -OCH3 is 1. The lowest BCUT2D eigenvalue weighted by Gasteiger charge is -2.12. The highest BCUT2D eigenvalue weighted by Gasteiger charge is 2.26. The molecule has 2 aromatic rings. The predicted molar refractivity (Wildman–Crippen MR) is 131 cm³/mol. The van der Waals surface area contributed by atoms with Crippen molar-refractivity contribution in [3.8, 4) is 17.6 Å². The van der Waals surface area contributed by atoms with Gasteiger partial charge in [-0.3, -0.25) is 4.79 Å². The fourth-order valence-electron chi connectivity index (χ4n) is 2.62. The van der Waals surface area contributed by atoms with E-state index in [4.69, 9.17) is 19.3 Å². The Bertz CT molecular complexity index is 1360. The van der Waals surface area contributed by atoms with Gasteiger partial charge in [0.15, 0.2) is 11.4 Å². The summed E-state index contributed by atoms with van der Waals surface area (Å²) in [5.74, 6) is 5.02. The second-order valence-electron chi connectivity index (χ2n) is 8.45. The van der Waals surface area contributed by atoms with E-state index in [1.807, 2.05) is 25.5 Å². The maximum Gasteiger partial charge on any atom is 0.266 e. The summed E-state index contributed by atoms with van der Waals surface area (Å²) in [5, 5.41) is 5.11. The van der Waals surface area contributed by atoms with E-state index in [9.17, 15) is 21.6 Å². The van der Waals surface area contributed by atoms with Crippen molar-refractivity contribution in [1.82, 2.24) is 9.71 Å². The molecule has 0 aliphatic heterocycles. The summed E-state index contributed by atoms with van der Waals surface area (Å²) in [5.41, 5.74) is -0.229. The third kappa shape index (κ3) is 8.89. The number of primary sulfonamides is 1. The highest BCUT2D eigenvalue weighted by molar-refractivity contribution is 7.92. The van der Waals surface area contributed by atoms with Crippen LogP contribution in [0.1, 0.15) is 36.8 Å². The van der Waals surface area contributed by atoms with Crippen LogP contribution in [0.3, 0.4) is 0 Å². The first-order valence-corrected chi connectivity index (χ1v) is 13.7. The number of sulfonamides is 2. The first-order valence-electron chi connectivity index (χ1n) is 10.7. The van der Waals surface area contributed by atoms with Gasteiger partial charge in [-0.2, -0.15) is 0 Å². The van der Waals surface area contributed by atoms with Crippen LogP contribution in [0, 0.1) is 17.3 Å². The Balaban J connectivity index is 2.33. The van der Waals surface area contributed by atoms with Crippen LogP contribution < -0.4 is 14.6 Å². The predicted octanol–water partition coefficient (Wildman–Crippen LogP) is 1.29. The highest BCUT2D eigenvalue weighted by Crippen LogP contribution is 2.22. The molecule has 0 fully saturated rings. The van der Waals surface area contributed by atoms with E-state index >= 15 is 0 Å². The number of benzene rings is 1. The molecule has 2 rings (SSSR count). The number of hydrogen-bond donors (Lipinski definition) is 2. The number of nitrogens with two attached hydrogens (primary N) is 1. The van der Waals surface area contributed by atoms with E-state index in [1.165, 1.54) is 18.2 Å². The molecule has 0 spiro atoms. The smallest absolute Gasteiger partial charge is 0.266 e. The minimum absolute atomic E-state index is 0.112. The van der Waals surface area contributed by atoms with Crippen LogP contribution in [0.2, 0.25) is 0 Å². The quantitative estimate of drug-likeness (QED) is 0.316. The van der Waals surface area contributed by atoms with Gasteiger partial charge in [0.1, 0.15) is 16.4 Å². The first kappa shape index (κ1) is 29.2. The van der Waals surface area contributed by atoms with Crippen LogP contribution in [0.4, 0.5) is 0 Å². The number of carbonyl (C=O) groups is 1. The maximum atomic E-state index is 12.8. The molecule has 36 heavy (non-hydrogen) atoms. The fourth-order valence-corrected chi connectivity index (χ4v) is 4.97. The Hall–Kier alpha value is -3.02. The highest BCUT2D eigenvalue weighted by atomic mass is 32.2. The number of pyridine rings is 1. The van der Waals surface area contributed by atoms with Crippen molar-refractivity contribution in [1.29, 1.82) is 0 Å². The molecule has 0 atom stereocenters. The van der Waals surface area contributed by atoms with Gasteiger partial charge in [-0.1, -0.05) is 18.1 Å². The number of hydrogen-bond acceptors (Lipinski definition) is 9. The molecule has 13 heteroatoms. The largest absolute Gasteiger partial charge is 0.488 e. The number of nitrogens with zero attached hydrogens (tertiary/aromatic N) is 1. The molecule has 1 heterocycles. The number of carbonyl (C=O) groups excluding carboxylic acids is 1. The van der Waals surface area contributed by atoms with Gasteiger partial charge in [0, 0.05) is 18.7 Å². The molecule has 0 aliphatic carbocycles. The zero-order chi connectivity index (χ0) is 27.0. The van der Waals surface area contributed by atoms with Crippen molar-refractivity contribution in [3.05, 3.63) is 47.8 Å². The molecule has 0 saturated heterocycles. The molecule has 0 saturated carbocycles. The monoisotopic (exact) mass is 539 g/mol. The van der Waals surface area contributed by atoms with E-state index in [2.05, 4.69) is 16.8 Å². The van der Waals surface area contributed by atoms with Crippen LogP contribution in [-0.4, -0.2) is 61.3 Å². The second-order valence-corrected chi connectivity index (χ2v) is 11.6. The third-order valence-corrected chi connectivity index (χ3v) is 6.75. The summed E-state index contributed by atoms with van der Waals surface area (Å²) in [6.45, 7) is 6.87. The summed E-state index contributed by atoms with van der Waals surface area (Å²) in [6.07, 6.45) is 1.14. The lowest BCUT2D eigenvalue weighted by Crippen LogP contribution is -2.32. The van der Waals surface area contributed by atoms with Crippen molar-refractivity contribution >= 4 is 26.0 Å². The van der Waals surface area contributed by atoms with E-state index in [0.29, 0.717) is 13.2 Å². The van der Waals surface area contributed by atoms with Crippen molar-refractivity contribution < 1.29 is 35.8 Å². The van der Waals surface area contributed by atoms with Crippen LogP contribution in [-0.2, 0) is 29.5 Å². The Morgan fingerprint density at radius 1 is 1.06 bits per heavy atom. The summed E-state index contributed by atoms with van der Waals surface area (Å²) in [6, 6.07) is 5.96. The molecule has 3 N–H and O–H groups in total. The topological polar surface area (TPSA) is 164 Å². The van der Waals surface area contributed by atoms with Gasteiger partial charge in [0.25, 0.3) is 15.9 Å². The van der Waals surface area contributed by atoms with E-state index < -0.39 is 35.7 Å². The SMILES string of the molecule is COCCOCCOc1cc(C(=O)NS(=O)(=O)c2ccccc2S(N)(=O)=O)cnc1C#CC(C)(C)C. The number of ether oxygens (including phenoxy) is 3. The Morgan fingerprint density at radius 2 is 1.69 bits per heavy atom. The molecule has 196 valence electrons. The molecular weight excluding hydrogens is 510 g/mol. The van der Waals surface area contributed by atoms with Crippen LogP contribution in [0.15, 0.2) is 46.3 Å². The number of nitrogens with one attached hydrogen (secondary N) is 1. The molecule has 0 aliphatic rings. The Labute approximate surface area is 211 Å². The Morgan fingerprint density at radius 3 is 2.31 bits per heavy atom. The average molecular weight is 540 g/mol. The number of rotatable bonds is 11. The normalized spacial score (nSPS) is 11.9. The fraction of sp³-hybridized carbons (Fsp3) is 0.391. The average Bonchev–Trinajstić information content (AvgIpc) is 2.79. The summed E-state index contributed by atoms with van der Waals surface area (Å²) >= 11 is 0. The van der Waals surface area contributed by atoms with Gasteiger partial charge in [0.2, 0.25) is 10.0 Å². The molecule has 1 aromatic carbocycles. The van der Waals surface area contributed by atoms with Gasteiger partial charge < -0.3 is 14.2 Å². The molecule has 0 bridgehead atoms. The lowest BCUT2D eigenvalue weighted by atomic mass is 9.98. The van der Waals surface area contributed by atoms with Crippen molar-refractivity contribution in [3.63, 3.8) is 0 Å². The van der Waals surface area contributed by atoms with Crippen molar-refractivity contribution in [2.24, 2.45) is 10.6 Å². The van der Waals surface area contributed by atoms with Gasteiger partial charge in [-0.25, -0.2) is 31.7 Å². The van der Waals surface area contributed by atoms with Gasteiger partial charge in [0.05, 0.1) is 25.4 Å². The summed E-state index contributed by atoms with van der Waals surface area (Å²) < 4.78 is 67.0. The molecule has 0 unspecified atom stereocenters. The minimum atomic E-state index is -4.59. The van der Waals surface area contributed by atoms with Crippen LogP contribution in [0.25, 0.3) is 0 Å². The number of aromatic nitrogens is 1. The van der Waals surface area contributed by atoms with Gasteiger partial charge in [-0.05, 0) is 44.9 Å². The standard InChI is InChI=1S/C23H29N3O8S2/c1-23(2,3)10-9-18-19(34-14-13-33-12-11-32-4)15-17(16-25-18)22(27)26-36(30,31)21-8-6-5-7-20(21)35(24,28)29/h5-8,15-16H,11-14H2,1-4H3,(H,26,27)(H2,24,28,29). The molecule has 11 nitrogen and oxygen atoms in total. The van der Waals surface area contributed by atoms with E-state index in [-0.39, 0.29) is 35.6 Å². The molecule has 0 radical (unpaired) electrons. The molecule has 1 amide bonds. The van der Waals surface area contributed by atoms with Crippen LogP contribution >= 0.6 is 0 Å². The van der Waals surface area contributed by atoms with Crippen molar-refractivity contribution in [2.75, 3.05) is 33.5 Å². The maximum absolute atomic E-state index is 12.8. The lowest BCUT2D eigenvalue weighted by molar-refractivity contribution is 0.0543. The molecule has 1 aromatic heterocycles. The third-order valence-electron chi connectivity index (χ3n) is 4.26. The summed E-state index contributed by atoms with van der Waals surface area (Å²) in [4.78, 5) is 15.6. The van der Waals surface area contributed by atoms with E-state index in [0.717, 1.165) is 18.3 Å². The zero-order valence-electron chi connectivity index (χ0n) is 20.4. The Kier molecular flexibility index (Phi) is 9.97. The second kappa shape index (κ2) is 12.3. The zero-order valence-corrected chi connectivity index (χ0v) is 22.0. The van der Waals surface area contributed by atoms with E-state index in [1.54, 1.807) is 7.11 Å². The molecular formula is C23H29N3O8S2. The van der Waals surface area contributed by atoms with Gasteiger partial charge in [-0.15, -0.1) is 0 Å².